The topological polar surface area (TPSA) is 103 Å². The highest BCUT2D eigenvalue weighted by molar-refractivity contribution is 5.51. The molecule has 7 heteroatoms. The van der Waals surface area contributed by atoms with E-state index >= 15 is 0 Å². The number of benzene rings is 1. The lowest BCUT2D eigenvalue weighted by atomic mass is 10.0. The van der Waals surface area contributed by atoms with Crippen LogP contribution in [0.1, 0.15) is 38.2 Å². The van der Waals surface area contributed by atoms with Crippen LogP contribution in [0.25, 0.3) is 0 Å². The van der Waals surface area contributed by atoms with Gasteiger partial charge >= 0.3 is 0 Å². The Labute approximate surface area is 167 Å². The fraction of sp³-hybridized carbons (Fsp3) is 0.524. The van der Waals surface area contributed by atoms with Gasteiger partial charge in [-0.15, -0.1) is 0 Å². The van der Waals surface area contributed by atoms with E-state index in [0.717, 1.165) is 37.9 Å². The van der Waals surface area contributed by atoms with Gasteiger partial charge in [-0.05, 0) is 49.3 Å². The monoisotopic (exact) mass is 388 g/mol. The normalized spacial score (nSPS) is 11.8. The third-order valence-electron chi connectivity index (χ3n) is 4.59. The molecule has 0 aliphatic rings. The number of nitrogens with zero attached hydrogens (tertiary/aromatic N) is 2. The van der Waals surface area contributed by atoms with E-state index in [0.29, 0.717) is 30.6 Å². The standard InChI is InChI=1S/C21H32N4O3/c1-3-5-17(11-12-26)14-23-20-19(15-24-21(22)25-20)28-13-4-6-16-7-9-18(27-2)10-8-16/h7-10,15,17,26H,3-6,11-14H2,1-2H3,(H3,22,23,24,25)/t17-/m0/s1. The zero-order valence-electron chi connectivity index (χ0n) is 16.9. The first-order valence-electron chi connectivity index (χ1n) is 9.89. The second-order valence-electron chi connectivity index (χ2n) is 6.79. The van der Waals surface area contributed by atoms with Gasteiger partial charge in [0.25, 0.3) is 0 Å². The van der Waals surface area contributed by atoms with Crippen molar-refractivity contribution in [1.29, 1.82) is 0 Å². The van der Waals surface area contributed by atoms with Gasteiger partial charge in [0.15, 0.2) is 11.6 Å². The summed E-state index contributed by atoms with van der Waals surface area (Å²) in [5.41, 5.74) is 6.98. The molecule has 1 heterocycles. The molecule has 0 saturated carbocycles. The van der Waals surface area contributed by atoms with Gasteiger partial charge in [-0.3, -0.25) is 0 Å². The largest absolute Gasteiger partial charge is 0.497 e. The van der Waals surface area contributed by atoms with Crippen molar-refractivity contribution < 1.29 is 14.6 Å². The quantitative estimate of drug-likeness (QED) is 0.452. The minimum atomic E-state index is 0.187. The molecular weight excluding hydrogens is 356 g/mol. The number of rotatable bonds is 13. The van der Waals surface area contributed by atoms with Crippen LogP contribution >= 0.6 is 0 Å². The third kappa shape index (κ3) is 7.23. The molecule has 1 atom stereocenters. The van der Waals surface area contributed by atoms with Gasteiger partial charge in [0.05, 0.1) is 19.9 Å². The zero-order valence-corrected chi connectivity index (χ0v) is 16.9. The fourth-order valence-electron chi connectivity index (χ4n) is 3.05. The number of nitrogen functional groups attached to an aromatic ring is 1. The molecule has 0 fully saturated rings. The van der Waals surface area contributed by atoms with E-state index in [1.807, 2.05) is 12.1 Å². The van der Waals surface area contributed by atoms with Crippen molar-refractivity contribution in [2.45, 2.75) is 39.0 Å². The van der Waals surface area contributed by atoms with Crippen molar-refractivity contribution in [3.8, 4) is 11.5 Å². The minimum absolute atomic E-state index is 0.187. The van der Waals surface area contributed by atoms with E-state index in [1.54, 1.807) is 13.3 Å². The van der Waals surface area contributed by atoms with Gasteiger partial charge in [0.2, 0.25) is 5.95 Å². The van der Waals surface area contributed by atoms with Gasteiger partial charge in [0.1, 0.15) is 5.75 Å². The van der Waals surface area contributed by atoms with Crippen LogP contribution in [0.2, 0.25) is 0 Å². The maximum Gasteiger partial charge on any atom is 0.222 e. The van der Waals surface area contributed by atoms with E-state index in [2.05, 4.69) is 34.3 Å². The molecule has 1 aromatic carbocycles. The lowest BCUT2D eigenvalue weighted by molar-refractivity contribution is 0.255. The molecule has 0 aliphatic carbocycles. The number of anilines is 2. The Morgan fingerprint density at radius 3 is 2.68 bits per heavy atom. The van der Waals surface area contributed by atoms with Crippen molar-refractivity contribution >= 4 is 11.8 Å². The number of aliphatic hydroxyl groups excluding tert-OH is 1. The van der Waals surface area contributed by atoms with E-state index in [-0.39, 0.29) is 12.6 Å². The van der Waals surface area contributed by atoms with Crippen molar-refractivity contribution in [2.24, 2.45) is 5.92 Å². The Morgan fingerprint density at radius 1 is 1.21 bits per heavy atom. The molecular formula is C21H32N4O3. The molecule has 28 heavy (non-hydrogen) atoms. The molecule has 0 spiro atoms. The highest BCUT2D eigenvalue weighted by Gasteiger charge is 2.11. The Balaban J connectivity index is 1.86. The number of nitrogens with two attached hydrogens (primary N) is 1. The van der Waals surface area contributed by atoms with Crippen LogP contribution in [0.4, 0.5) is 11.8 Å². The molecule has 0 bridgehead atoms. The van der Waals surface area contributed by atoms with Gasteiger partial charge < -0.3 is 25.6 Å². The van der Waals surface area contributed by atoms with Gasteiger partial charge in [-0.2, -0.15) is 4.98 Å². The number of aromatic nitrogens is 2. The Kier molecular flexibility index (Phi) is 9.34. The van der Waals surface area contributed by atoms with Gasteiger partial charge in [-0.25, -0.2) is 4.98 Å². The van der Waals surface area contributed by atoms with Gasteiger partial charge in [0, 0.05) is 13.2 Å². The average molecular weight is 389 g/mol. The molecule has 0 unspecified atom stereocenters. The van der Waals surface area contributed by atoms with Crippen LogP contribution < -0.4 is 20.5 Å². The number of hydrogen-bond donors (Lipinski definition) is 3. The summed E-state index contributed by atoms with van der Waals surface area (Å²) in [4.78, 5) is 8.32. The van der Waals surface area contributed by atoms with Crippen LogP contribution in [-0.2, 0) is 6.42 Å². The first kappa shape index (κ1) is 21.8. The predicted octanol–water partition coefficient (Wildman–Crippen LogP) is 3.29. The van der Waals surface area contributed by atoms with E-state index < -0.39 is 0 Å². The Morgan fingerprint density at radius 2 is 2.00 bits per heavy atom. The van der Waals surface area contributed by atoms with Crippen molar-refractivity contribution in [3.05, 3.63) is 36.0 Å². The van der Waals surface area contributed by atoms with Gasteiger partial charge in [-0.1, -0.05) is 25.5 Å². The summed E-state index contributed by atoms with van der Waals surface area (Å²) in [5, 5.41) is 12.5. The van der Waals surface area contributed by atoms with Crippen LogP contribution in [0.3, 0.4) is 0 Å². The van der Waals surface area contributed by atoms with Crippen molar-refractivity contribution in [3.63, 3.8) is 0 Å². The second-order valence-corrected chi connectivity index (χ2v) is 6.79. The molecule has 1 aromatic heterocycles. The molecule has 0 saturated heterocycles. The highest BCUT2D eigenvalue weighted by Crippen LogP contribution is 2.23. The molecule has 0 radical (unpaired) electrons. The highest BCUT2D eigenvalue weighted by atomic mass is 16.5. The predicted molar refractivity (Wildman–Crippen MR) is 112 cm³/mol. The number of aryl methyl sites for hydroxylation is 1. The Hall–Kier alpha value is -2.54. The summed E-state index contributed by atoms with van der Waals surface area (Å²) in [6.07, 6.45) is 6.29. The number of nitrogens with one attached hydrogen (secondary N) is 1. The van der Waals surface area contributed by atoms with E-state index in [9.17, 15) is 5.11 Å². The smallest absolute Gasteiger partial charge is 0.222 e. The second kappa shape index (κ2) is 12.0. The first-order chi connectivity index (χ1) is 13.7. The summed E-state index contributed by atoms with van der Waals surface area (Å²) in [6, 6.07) is 8.05. The molecule has 4 N–H and O–H groups in total. The SMILES string of the molecule is CCC[C@@H](CCO)CNc1nc(N)ncc1OCCCc1ccc(OC)cc1. The molecule has 0 aliphatic heterocycles. The number of hydrogen-bond acceptors (Lipinski definition) is 7. The van der Waals surface area contributed by atoms with Crippen molar-refractivity contribution in [1.82, 2.24) is 9.97 Å². The van der Waals surface area contributed by atoms with E-state index in [1.165, 1.54) is 5.56 Å². The Bertz CT molecular complexity index is 689. The third-order valence-corrected chi connectivity index (χ3v) is 4.59. The summed E-state index contributed by atoms with van der Waals surface area (Å²) < 4.78 is 11.1. The summed E-state index contributed by atoms with van der Waals surface area (Å²) >= 11 is 0. The molecule has 154 valence electrons. The molecule has 2 aromatic rings. The minimum Gasteiger partial charge on any atom is -0.497 e. The maximum atomic E-state index is 9.22. The maximum absolute atomic E-state index is 9.22. The van der Waals surface area contributed by atoms with Crippen LogP contribution in [0.5, 0.6) is 11.5 Å². The fourth-order valence-corrected chi connectivity index (χ4v) is 3.05. The number of ether oxygens (including phenoxy) is 2. The van der Waals surface area contributed by atoms with Crippen LogP contribution in [0, 0.1) is 5.92 Å². The molecule has 0 amide bonds. The summed E-state index contributed by atoms with van der Waals surface area (Å²) in [5.74, 6) is 2.66. The lowest BCUT2D eigenvalue weighted by Gasteiger charge is -2.18. The average Bonchev–Trinajstić information content (AvgIpc) is 2.71. The molecule has 7 nitrogen and oxygen atoms in total. The van der Waals surface area contributed by atoms with Crippen LogP contribution in [0.15, 0.2) is 30.5 Å². The summed E-state index contributed by atoms with van der Waals surface area (Å²) in [7, 11) is 1.66. The zero-order chi connectivity index (χ0) is 20.2. The lowest BCUT2D eigenvalue weighted by Crippen LogP contribution is -2.17. The molecule has 2 rings (SSSR count). The van der Waals surface area contributed by atoms with Crippen molar-refractivity contribution in [2.75, 3.05) is 37.9 Å². The van der Waals surface area contributed by atoms with E-state index in [4.69, 9.17) is 15.2 Å². The number of aliphatic hydroxyl groups is 1. The number of methoxy groups -OCH3 is 1. The first-order valence-corrected chi connectivity index (χ1v) is 9.89. The van der Waals surface area contributed by atoms with Crippen LogP contribution in [-0.4, -0.2) is 41.9 Å². The summed E-state index contributed by atoms with van der Waals surface area (Å²) in [6.45, 7) is 3.60.